The second kappa shape index (κ2) is 5.95. The second-order valence-electron chi connectivity index (χ2n) is 4.12. The summed E-state index contributed by atoms with van der Waals surface area (Å²) in [6.45, 7) is 3.84. The number of hydrogen-bond donors (Lipinski definition) is 1. The first kappa shape index (κ1) is 13.0. The third-order valence-electron chi connectivity index (χ3n) is 2.45. The van der Waals surface area contributed by atoms with E-state index in [1.165, 1.54) is 0 Å². The zero-order valence-electron chi connectivity index (χ0n) is 11.2. The highest BCUT2D eigenvalue weighted by Crippen LogP contribution is 2.11. The Morgan fingerprint density at radius 3 is 2.58 bits per heavy atom. The van der Waals surface area contributed by atoms with Gasteiger partial charge in [-0.25, -0.2) is 15.4 Å². The molecule has 0 aliphatic heterocycles. The second-order valence-corrected chi connectivity index (χ2v) is 4.12. The van der Waals surface area contributed by atoms with Gasteiger partial charge in [0, 0.05) is 11.4 Å². The summed E-state index contributed by atoms with van der Waals surface area (Å²) in [6, 6.07) is 9.55. The van der Waals surface area contributed by atoms with Crippen LogP contribution in [-0.4, -0.2) is 23.3 Å². The molecule has 0 aliphatic rings. The van der Waals surface area contributed by atoms with Gasteiger partial charge in [0.05, 0.1) is 13.3 Å². The van der Waals surface area contributed by atoms with Gasteiger partial charge < -0.3 is 4.74 Å². The molecule has 1 N–H and O–H groups in total. The van der Waals surface area contributed by atoms with Crippen molar-refractivity contribution >= 4 is 12.2 Å². The van der Waals surface area contributed by atoms with Gasteiger partial charge >= 0.3 is 0 Å². The van der Waals surface area contributed by atoms with Crippen LogP contribution in [0.25, 0.3) is 0 Å². The maximum Gasteiger partial charge on any atom is 0.243 e. The summed E-state index contributed by atoms with van der Waals surface area (Å²) in [7, 11) is 1.64. The summed E-state index contributed by atoms with van der Waals surface area (Å²) >= 11 is 0. The fourth-order valence-electron chi connectivity index (χ4n) is 1.66. The number of methoxy groups -OCH3 is 1. The summed E-state index contributed by atoms with van der Waals surface area (Å²) < 4.78 is 5.14. The van der Waals surface area contributed by atoms with Crippen molar-refractivity contribution in [1.29, 1.82) is 0 Å². The van der Waals surface area contributed by atoms with Gasteiger partial charge in [0.25, 0.3) is 0 Å². The molecular weight excluding hydrogens is 240 g/mol. The average molecular weight is 256 g/mol. The molecule has 19 heavy (non-hydrogen) atoms. The molecule has 0 saturated heterocycles. The van der Waals surface area contributed by atoms with Crippen molar-refractivity contribution < 1.29 is 4.74 Å². The highest BCUT2D eigenvalue weighted by atomic mass is 16.5. The number of anilines is 1. The van der Waals surface area contributed by atoms with E-state index in [1.807, 2.05) is 44.2 Å². The molecule has 0 bridgehead atoms. The van der Waals surface area contributed by atoms with Crippen molar-refractivity contribution in [1.82, 2.24) is 9.97 Å². The highest BCUT2D eigenvalue weighted by Gasteiger charge is 1.97. The molecule has 2 rings (SSSR count). The molecule has 1 heterocycles. The topological polar surface area (TPSA) is 59.4 Å². The van der Waals surface area contributed by atoms with Crippen LogP contribution in [0.5, 0.6) is 5.75 Å². The minimum Gasteiger partial charge on any atom is -0.497 e. The highest BCUT2D eigenvalue weighted by molar-refractivity contribution is 5.80. The van der Waals surface area contributed by atoms with Crippen molar-refractivity contribution in [3.63, 3.8) is 0 Å². The number of hydrogen-bond acceptors (Lipinski definition) is 5. The van der Waals surface area contributed by atoms with Crippen LogP contribution in [-0.2, 0) is 0 Å². The summed E-state index contributed by atoms with van der Waals surface area (Å²) in [4.78, 5) is 8.48. The zero-order valence-corrected chi connectivity index (χ0v) is 11.2. The summed E-state index contributed by atoms with van der Waals surface area (Å²) in [5.74, 6) is 1.29. The lowest BCUT2D eigenvalue weighted by Crippen LogP contribution is -1.99. The van der Waals surface area contributed by atoms with Gasteiger partial charge in [-0.15, -0.1) is 0 Å². The van der Waals surface area contributed by atoms with Crippen LogP contribution in [0.1, 0.15) is 17.0 Å². The normalized spacial score (nSPS) is 10.7. The first-order valence-corrected chi connectivity index (χ1v) is 5.93. The van der Waals surface area contributed by atoms with E-state index in [4.69, 9.17) is 4.74 Å². The number of nitrogens with zero attached hydrogens (tertiary/aromatic N) is 3. The number of ether oxygens (including phenoxy) is 1. The smallest absolute Gasteiger partial charge is 0.243 e. The predicted molar refractivity (Wildman–Crippen MR) is 75.7 cm³/mol. The van der Waals surface area contributed by atoms with Gasteiger partial charge in [-0.2, -0.15) is 5.10 Å². The number of aryl methyl sites for hydroxylation is 2. The zero-order chi connectivity index (χ0) is 13.7. The van der Waals surface area contributed by atoms with E-state index in [-0.39, 0.29) is 0 Å². The molecule has 0 spiro atoms. The molecule has 1 aromatic heterocycles. The Kier molecular flexibility index (Phi) is 4.07. The molecule has 0 aliphatic carbocycles. The van der Waals surface area contributed by atoms with Crippen molar-refractivity contribution in [3.05, 3.63) is 47.3 Å². The first-order chi connectivity index (χ1) is 9.17. The Morgan fingerprint density at radius 2 is 1.89 bits per heavy atom. The molecule has 0 saturated carbocycles. The Balaban J connectivity index is 2.06. The van der Waals surface area contributed by atoms with Crippen molar-refractivity contribution in [2.75, 3.05) is 12.5 Å². The largest absolute Gasteiger partial charge is 0.497 e. The molecule has 2 aromatic rings. The molecule has 0 fully saturated rings. The third-order valence-corrected chi connectivity index (χ3v) is 2.45. The van der Waals surface area contributed by atoms with Gasteiger partial charge in [-0.3, -0.25) is 0 Å². The van der Waals surface area contributed by atoms with Crippen molar-refractivity contribution in [2.24, 2.45) is 5.10 Å². The van der Waals surface area contributed by atoms with Crippen LogP contribution in [0.3, 0.4) is 0 Å². The van der Waals surface area contributed by atoms with E-state index in [2.05, 4.69) is 20.5 Å². The van der Waals surface area contributed by atoms with Crippen LogP contribution in [0.4, 0.5) is 5.95 Å². The quantitative estimate of drug-likeness (QED) is 0.674. The van der Waals surface area contributed by atoms with E-state index in [9.17, 15) is 0 Å². The van der Waals surface area contributed by atoms with E-state index in [0.29, 0.717) is 5.95 Å². The number of nitrogens with one attached hydrogen (secondary N) is 1. The van der Waals surface area contributed by atoms with Crippen LogP contribution >= 0.6 is 0 Å². The minimum atomic E-state index is 0.497. The summed E-state index contributed by atoms with van der Waals surface area (Å²) in [5.41, 5.74) is 5.58. The minimum absolute atomic E-state index is 0.497. The Labute approximate surface area is 112 Å². The van der Waals surface area contributed by atoms with Crippen LogP contribution in [0.2, 0.25) is 0 Å². The fourth-order valence-corrected chi connectivity index (χ4v) is 1.66. The number of rotatable bonds is 4. The third kappa shape index (κ3) is 3.77. The Hall–Kier alpha value is -2.43. The fraction of sp³-hybridized carbons (Fsp3) is 0.214. The van der Waals surface area contributed by atoms with Gasteiger partial charge in [0.15, 0.2) is 0 Å². The Bertz CT molecular complexity index is 575. The molecule has 0 atom stereocenters. The van der Waals surface area contributed by atoms with E-state index >= 15 is 0 Å². The molecule has 98 valence electrons. The van der Waals surface area contributed by atoms with Crippen LogP contribution in [0.15, 0.2) is 35.4 Å². The molecule has 5 heteroatoms. The molecule has 0 unspecified atom stereocenters. The standard InChI is InChI=1S/C14H16N4O/c1-10-7-11(2)17-14(16-10)18-15-9-12-5-4-6-13(8-12)19-3/h4-9H,1-3H3,(H,16,17,18)/b15-9+. The molecule has 5 nitrogen and oxygen atoms in total. The molecule has 0 radical (unpaired) electrons. The number of hydrazone groups is 1. The maximum absolute atomic E-state index is 5.14. The predicted octanol–water partition coefficient (Wildman–Crippen LogP) is 2.55. The lowest BCUT2D eigenvalue weighted by molar-refractivity contribution is 0.415. The van der Waals surface area contributed by atoms with E-state index < -0.39 is 0 Å². The first-order valence-electron chi connectivity index (χ1n) is 5.93. The van der Waals surface area contributed by atoms with E-state index in [1.54, 1.807) is 13.3 Å². The molecule has 0 amide bonds. The average Bonchev–Trinajstić information content (AvgIpc) is 2.38. The van der Waals surface area contributed by atoms with Gasteiger partial charge in [0.2, 0.25) is 5.95 Å². The van der Waals surface area contributed by atoms with Crippen LogP contribution in [0, 0.1) is 13.8 Å². The van der Waals surface area contributed by atoms with Gasteiger partial charge in [0.1, 0.15) is 5.75 Å². The van der Waals surface area contributed by atoms with Crippen molar-refractivity contribution in [3.8, 4) is 5.75 Å². The van der Waals surface area contributed by atoms with Crippen LogP contribution < -0.4 is 10.2 Å². The summed E-state index contributed by atoms with van der Waals surface area (Å²) in [5, 5.41) is 4.11. The SMILES string of the molecule is COc1cccc(/C=N/Nc2nc(C)cc(C)n2)c1. The number of aromatic nitrogens is 2. The van der Waals surface area contributed by atoms with Gasteiger partial charge in [-0.1, -0.05) is 12.1 Å². The van der Waals surface area contributed by atoms with Crippen molar-refractivity contribution in [2.45, 2.75) is 13.8 Å². The number of benzene rings is 1. The summed E-state index contributed by atoms with van der Waals surface area (Å²) in [6.07, 6.45) is 1.70. The van der Waals surface area contributed by atoms with E-state index in [0.717, 1.165) is 22.7 Å². The molecular formula is C14H16N4O. The molecule has 1 aromatic carbocycles. The van der Waals surface area contributed by atoms with Gasteiger partial charge in [-0.05, 0) is 37.6 Å². The Morgan fingerprint density at radius 1 is 1.16 bits per heavy atom. The lowest BCUT2D eigenvalue weighted by Gasteiger charge is -2.02. The lowest BCUT2D eigenvalue weighted by atomic mass is 10.2. The maximum atomic E-state index is 5.14. The monoisotopic (exact) mass is 256 g/mol.